The summed E-state index contributed by atoms with van der Waals surface area (Å²) < 4.78 is 4.97. The van der Waals surface area contributed by atoms with Gasteiger partial charge in [-0.25, -0.2) is 0 Å². The van der Waals surface area contributed by atoms with Crippen molar-refractivity contribution >= 4 is 5.97 Å². The Morgan fingerprint density at radius 2 is 2.00 bits per heavy atom. The summed E-state index contributed by atoms with van der Waals surface area (Å²) in [6.45, 7) is 0. The number of carbonyl (C=O) groups is 1. The van der Waals surface area contributed by atoms with Crippen LogP contribution in [-0.4, -0.2) is 17.2 Å². The Morgan fingerprint density at radius 1 is 1.31 bits per heavy atom. The van der Waals surface area contributed by atoms with Crippen molar-refractivity contribution in [2.75, 3.05) is 0 Å². The van der Waals surface area contributed by atoms with Gasteiger partial charge in [0.2, 0.25) is 0 Å². The molecule has 0 spiro atoms. The molecule has 3 heteroatoms. The van der Waals surface area contributed by atoms with Crippen LogP contribution in [0.25, 0.3) is 0 Å². The maximum Gasteiger partial charge on any atom is 0.309 e. The zero-order valence-electron chi connectivity index (χ0n) is 7.01. The lowest BCUT2D eigenvalue weighted by molar-refractivity contribution is -0.142. The molecule has 1 aromatic rings. The predicted octanol–water partition coefficient (Wildman–Crippen LogP) is 1.04. The Balaban J connectivity index is 2.23. The molecule has 13 heavy (non-hydrogen) atoms. The first-order chi connectivity index (χ1) is 6.27. The number of carbonyl (C=O) groups excluding carboxylic acids is 1. The van der Waals surface area contributed by atoms with E-state index in [4.69, 9.17) is 4.74 Å². The van der Waals surface area contributed by atoms with Gasteiger partial charge in [-0.2, -0.15) is 0 Å². The molecule has 0 amide bonds. The van der Waals surface area contributed by atoms with Gasteiger partial charge in [0, 0.05) is 0 Å². The highest BCUT2D eigenvalue weighted by molar-refractivity contribution is 5.72. The normalized spacial score (nSPS) is 27.3. The van der Waals surface area contributed by atoms with Crippen molar-refractivity contribution in [2.45, 2.75) is 18.6 Å². The number of hydrogen-bond donors (Lipinski definition) is 1. The summed E-state index contributed by atoms with van der Waals surface area (Å²) in [5.74, 6) is -0.332. The molecule has 0 aliphatic carbocycles. The topological polar surface area (TPSA) is 46.5 Å². The van der Waals surface area contributed by atoms with Crippen LogP contribution in [0.5, 0.6) is 0 Å². The van der Waals surface area contributed by atoms with Crippen molar-refractivity contribution in [2.24, 2.45) is 0 Å². The van der Waals surface area contributed by atoms with Gasteiger partial charge in [-0.1, -0.05) is 30.3 Å². The maximum atomic E-state index is 10.9. The van der Waals surface area contributed by atoms with Gasteiger partial charge in [-0.05, 0) is 5.56 Å². The lowest BCUT2D eigenvalue weighted by Crippen LogP contribution is -2.11. The summed E-state index contributed by atoms with van der Waals surface area (Å²) in [5, 5.41) is 9.47. The maximum absolute atomic E-state index is 10.9. The Labute approximate surface area is 76.0 Å². The van der Waals surface area contributed by atoms with Crippen LogP contribution in [0.4, 0.5) is 0 Å². The van der Waals surface area contributed by atoms with Crippen LogP contribution in [0.3, 0.4) is 0 Å². The van der Waals surface area contributed by atoms with Crippen LogP contribution in [-0.2, 0) is 9.53 Å². The van der Waals surface area contributed by atoms with Crippen molar-refractivity contribution in [3.63, 3.8) is 0 Å². The Hall–Kier alpha value is -1.35. The number of ether oxygens (including phenoxy) is 1. The smallest absolute Gasteiger partial charge is 0.309 e. The third-order valence-electron chi connectivity index (χ3n) is 2.11. The van der Waals surface area contributed by atoms with Crippen LogP contribution in [0.1, 0.15) is 18.1 Å². The highest BCUT2D eigenvalue weighted by atomic mass is 16.6. The first-order valence-corrected chi connectivity index (χ1v) is 4.20. The fraction of sp³-hybridized carbons (Fsp3) is 0.300. The summed E-state index contributed by atoms with van der Waals surface area (Å²) in [4.78, 5) is 10.9. The number of aliphatic hydroxyl groups excluding tert-OH is 1. The average molecular weight is 178 g/mol. The van der Waals surface area contributed by atoms with E-state index >= 15 is 0 Å². The molecule has 0 saturated carbocycles. The van der Waals surface area contributed by atoms with Gasteiger partial charge in [-0.15, -0.1) is 0 Å². The summed E-state index contributed by atoms with van der Waals surface area (Å²) >= 11 is 0. The largest absolute Gasteiger partial charge is 0.455 e. The fourth-order valence-corrected chi connectivity index (χ4v) is 1.48. The van der Waals surface area contributed by atoms with Crippen LogP contribution < -0.4 is 0 Å². The minimum absolute atomic E-state index is 0.0968. The van der Waals surface area contributed by atoms with Crippen molar-refractivity contribution < 1.29 is 14.6 Å². The molecule has 2 atom stereocenters. The van der Waals surface area contributed by atoms with Gasteiger partial charge in [0.25, 0.3) is 0 Å². The predicted molar refractivity (Wildman–Crippen MR) is 45.9 cm³/mol. The quantitative estimate of drug-likeness (QED) is 0.653. The second-order valence-electron chi connectivity index (χ2n) is 3.09. The SMILES string of the molecule is O=C1C[C@H](O)[C@@H](c2ccccc2)O1. The van der Waals surface area contributed by atoms with Crippen LogP contribution in [0, 0.1) is 0 Å². The van der Waals surface area contributed by atoms with Crippen molar-refractivity contribution in [1.29, 1.82) is 0 Å². The number of aliphatic hydroxyl groups is 1. The molecule has 0 bridgehead atoms. The highest BCUT2D eigenvalue weighted by Gasteiger charge is 2.34. The monoisotopic (exact) mass is 178 g/mol. The van der Waals surface area contributed by atoms with E-state index in [0.717, 1.165) is 5.56 Å². The minimum Gasteiger partial charge on any atom is -0.455 e. The minimum atomic E-state index is -0.699. The first kappa shape index (κ1) is 8.26. The summed E-state index contributed by atoms with van der Waals surface area (Å²) in [6, 6.07) is 9.27. The number of cyclic esters (lactones) is 1. The molecule has 1 heterocycles. The molecule has 0 aromatic heterocycles. The van der Waals surface area contributed by atoms with Crippen molar-refractivity contribution in [3.8, 4) is 0 Å². The van der Waals surface area contributed by atoms with Crippen LogP contribution in [0.15, 0.2) is 30.3 Å². The number of hydrogen-bond acceptors (Lipinski definition) is 3. The molecule has 3 nitrogen and oxygen atoms in total. The van der Waals surface area contributed by atoms with Gasteiger partial charge in [0.1, 0.15) is 6.10 Å². The molecule has 0 radical (unpaired) electrons. The van der Waals surface area contributed by atoms with E-state index in [2.05, 4.69) is 0 Å². The van der Waals surface area contributed by atoms with E-state index < -0.39 is 12.2 Å². The standard InChI is InChI=1S/C10H10O3/c11-8-6-9(12)13-10(8)7-4-2-1-3-5-7/h1-5,8,10-11H,6H2/t8-,10+/m0/s1. The van der Waals surface area contributed by atoms with Crippen molar-refractivity contribution in [1.82, 2.24) is 0 Å². The second kappa shape index (κ2) is 3.18. The zero-order valence-corrected chi connectivity index (χ0v) is 7.01. The molecule has 1 aliphatic rings. The molecular weight excluding hydrogens is 168 g/mol. The van der Waals surface area contributed by atoms with Gasteiger partial charge in [0.15, 0.2) is 6.10 Å². The lowest BCUT2D eigenvalue weighted by Gasteiger charge is -2.12. The van der Waals surface area contributed by atoms with E-state index in [0.29, 0.717) is 0 Å². The van der Waals surface area contributed by atoms with E-state index in [1.165, 1.54) is 0 Å². The summed E-state index contributed by atoms with van der Waals surface area (Å²) in [5.41, 5.74) is 0.848. The van der Waals surface area contributed by atoms with E-state index in [1.807, 2.05) is 30.3 Å². The van der Waals surface area contributed by atoms with E-state index in [1.54, 1.807) is 0 Å². The molecule has 1 N–H and O–H groups in total. The molecule has 0 unspecified atom stereocenters. The third kappa shape index (κ3) is 1.55. The zero-order chi connectivity index (χ0) is 9.26. The Morgan fingerprint density at radius 3 is 2.54 bits per heavy atom. The summed E-state index contributed by atoms with van der Waals surface area (Å²) in [7, 11) is 0. The van der Waals surface area contributed by atoms with Gasteiger partial charge in [0.05, 0.1) is 6.42 Å². The Kier molecular flexibility index (Phi) is 2.02. The summed E-state index contributed by atoms with van der Waals surface area (Å²) in [6.07, 6.45) is -1.08. The lowest BCUT2D eigenvalue weighted by atomic mass is 10.0. The molecule has 68 valence electrons. The molecule has 1 aliphatic heterocycles. The molecule has 1 fully saturated rings. The van der Waals surface area contributed by atoms with Crippen LogP contribution in [0.2, 0.25) is 0 Å². The Bertz CT molecular complexity index is 307. The fourth-order valence-electron chi connectivity index (χ4n) is 1.48. The van der Waals surface area contributed by atoms with Crippen LogP contribution >= 0.6 is 0 Å². The number of esters is 1. The highest BCUT2D eigenvalue weighted by Crippen LogP contribution is 2.29. The molecule has 1 aromatic carbocycles. The molecular formula is C10H10O3. The number of rotatable bonds is 1. The van der Waals surface area contributed by atoms with Gasteiger partial charge < -0.3 is 9.84 Å². The van der Waals surface area contributed by atoms with E-state index in [-0.39, 0.29) is 12.4 Å². The average Bonchev–Trinajstić information content (AvgIpc) is 2.47. The number of benzene rings is 1. The molecule has 1 saturated heterocycles. The third-order valence-corrected chi connectivity index (χ3v) is 2.11. The van der Waals surface area contributed by atoms with Gasteiger partial charge in [-0.3, -0.25) is 4.79 Å². The van der Waals surface area contributed by atoms with Gasteiger partial charge >= 0.3 is 5.97 Å². The second-order valence-corrected chi connectivity index (χ2v) is 3.09. The van der Waals surface area contributed by atoms with Crippen molar-refractivity contribution in [3.05, 3.63) is 35.9 Å². The first-order valence-electron chi connectivity index (χ1n) is 4.20. The van der Waals surface area contributed by atoms with E-state index in [9.17, 15) is 9.90 Å². The molecule has 2 rings (SSSR count).